The predicted molar refractivity (Wildman–Crippen MR) is 139 cm³/mol. The van der Waals surface area contributed by atoms with Gasteiger partial charge in [-0.2, -0.15) is 0 Å². The minimum absolute atomic E-state index is 0.0627. The van der Waals surface area contributed by atoms with Crippen LogP contribution in [0.25, 0.3) is 10.9 Å². The number of anilines is 1. The van der Waals surface area contributed by atoms with Gasteiger partial charge in [-0.05, 0) is 55.3 Å². The van der Waals surface area contributed by atoms with Gasteiger partial charge in [0.15, 0.2) is 0 Å². The lowest BCUT2D eigenvalue weighted by Crippen LogP contribution is -2.27. The van der Waals surface area contributed by atoms with Crippen molar-refractivity contribution >= 4 is 46.0 Å². The van der Waals surface area contributed by atoms with Gasteiger partial charge in [0.1, 0.15) is 5.69 Å². The van der Waals surface area contributed by atoms with Gasteiger partial charge in [0.25, 0.3) is 5.91 Å². The summed E-state index contributed by atoms with van der Waals surface area (Å²) in [6.45, 7) is 8.83. The van der Waals surface area contributed by atoms with E-state index in [9.17, 15) is 14.4 Å². The van der Waals surface area contributed by atoms with E-state index in [4.69, 9.17) is 16.3 Å². The minimum atomic E-state index is -0.362. The summed E-state index contributed by atoms with van der Waals surface area (Å²) in [6, 6.07) is 12.4. The van der Waals surface area contributed by atoms with Crippen molar-refractivity contribution in [1.82, 2.24) is 9.88 Å². The van der Waals surface area contributed by atoms with E-state index in [1.165, 1.54) is 0 Å². The number of aromatic nitrogens is 1. The fourth-order valence-corrected chi connectivity index (χ4v) is 3.93. The van der Waals surface area contributed by atoms with Crippen LogP contribution in [0.15, 0.2) is 42.5 Å². The number of benzene rings is 2. The van der Waals surface area contributed by atoms with Gasteiger partial charge >= 0.3 is 5.97 Å². The molecular weight excluding hydrogens is 466 g/mol. The van der Waals surface area contributed by atoms with Crippen LogP contribution in [-0.2, 0) is 22.6 Å². The van der Waals surface area contributed by atoms with Crippen LogP contribution in [-0.4, -0.2) is 29.0 Å². The van der Waals surface area contributed by atoms with E-state index in [2.05, 4.69) is 17.6 Å². The number of nitrogens with one attached hydrogen (secondary N) is 2. The molecule has 0 aliphatic heterocycles. The van der Waals surface area contributed by atoms with Gasteiger partial charge in [-0.25, -0.2) is 4.79 Å². The lowest BCUT2D eigenvalue weighted by molar-refractivity contribution is -0.124. The molecule has 2 aromatic carbocycles. The second kappa shape index (κ2) is 11.9. The normalized spacial score (nSPS) is 11.0. The van der Waals surface area contributed by atoms with E-state index < -0.39 is 0 Å². The molecule has 1 heterocycles. The van der Waals surface area contributed by atoms with Crippen molar-refractivity contribution < 1.29 is 19.1 Å². The van der Waals surface area contributed by atoms with Gasteiger partial charge < -0.3 is 19.9 Å². The minimum Gasteiger partial charge on any atom is -0.461 e. The van der Waals surface area contributed by atoms with Crippen LogP contribution in [0.4, 0.5) is 5.69 Å². The number of fused-ring (bicyclic) bond motifs is 1. The largest absolute Gasteiger partial charge is 0.461 e. The summed E-state index contributed by atoms with van der Waals surface area (Å²) in [5, 5.41) is 6.88. The molecule has 0 atom stereocenters. The Bertz CT molecular complexity index is 1230. The number of nitrogens with zero attached hydrogens (tertiary/aromatic N) is 1. The Balaban J connectivity index is 1.84. The molecule has 0 bridgehead atoms. The highest BCUT2D eigenvalue weighted by molar-refractivity contribution is 6.34. The number of carbonyl (C=O) groups is 3. The molecule has 2 amide bonds. The fourth-order valence-electron chi connectivity index (χ4n) is 3.73. The summed E-state index contributed by atoms with van der Waals surface area (Å²) in [6.07, 6.45) is 1.93. The highest BCUT2D eigenvalue weighted by Crippen LogP contribution is 2.26. The molecule has 0 aliphatic carbocycles. The number of halogens is 1. The number of unbranched alkanes of at least 4 members (excludes halogenated alkanes) is 1. The second-order valence-corrected chi connectivity index (χ2v) is 9.08. The number of hydrogen-bond donors (Lipinski definition) is 2. The Kier molecular flexibility index (Phi) is 8.93. The number of carbonyl (C=O) groups excluding carboxylic acids is 3. The van der Waals surface area contributed by atoms with E-state index in [1.54, 1.807) is 37.3 Å². The highest BCUT2D eigenvalue weighted by Gasteiger charge is 2.18. The van der Waals surface area contributed by atoms with Crippen LogP contribution in [0, 0.1) is 5.92 Å². The number of hydrogen-bond acceptors (Lipinski definition) is 4. The Morgan fingerprint density at radius 1 is 1.06 bits per heavy atom. The zero-order valence-electron chi connectivity index (χ0n) is 20.6. The fraction of sp³-hybridized carbons (Fsp3) is 0.370. The monoisotopic (exact) mass is 497 g/mol. The zero-order valence-corrected chi connectivity index (χ0v) is 21.4. The van der Waals surface area contributed by atoms with Gasteiger partial charge in [0.05, 0.1) is 17.2 Å². The third-order valence-electron chi connectivity index (χ3n) is 5.65. The lowest BCUT2D eigenvalue weighted by Gasteiger charge is -2.12. The van der Waals surface area contributed by atoms with Gasteiger partial charge in [-0.15, -0.1) is 0 Å². The average Bonchev–Trinajstić information content (AvgIpc) is 3.19. The number of amides is 2. The molecule has 0 spiro atoms. The Morgan fingerprint density at radius 2 is 1.83 bits per heavy atom. The SMILES string of the molecule is CCCCn1c(C(=O)OCC)cc2cc(NC(=O)c3cc(CNC(=O)C(C)C)ccc3Cl)ccc21. The smallest absolute Gasteiger partial charge is 0.354 e. The molecule has 0 aliphatic rings. The molecule has 1 aromatic heterocycles. The Hall–Kier alpha value is -3.32. The van der Waals surface area contributed by atoms with Gasteiger partial charge in [0.2, 0.25) is 5.91 Å². The van der Waals surface area contributed by atoms with Crippen LogP contribution < -0.4 is 10.6 Å². The first kappa shape index (κ1) is 26.3. The van der Waals surface area contributed by atoms with E-state index in [1.807, 2.05) is 30.5 Å². The van der Waals surface area contributed by atoms with Crippen LogP contribution in [0.2, 0.25) is 5.02 Å². The van der Waals surface area contributed by atoms with Crippen molar-refractivity contribution in [1.29, 1.82) is 0 Å². The van der Waals surface area contributed by atoms with Crippen molar-refractivity contribution in [2.75, 3.05) is 11.9 Å². The van der Waals surface area contributed by atoms with Crippen molar-refractivity contribution in [3.63, 3.8) is 0 Å². The van der Waals surface area contributed by atoms with E-state index in [0.29, 0.717) is 41.7 Å². The summed E-state index contributed by atoms with van der Waals surface area (Å²) < 4.78 is 7.20. The van der Waals surface area contributed by atoms with Gasteiger partial charge in [-0.3, -0.25) is 9.59 Å². The van der Waals surface area contributed by atoms with Crippen LogP contribution in [0.3, 0.4) is 0 Å². The molecule has 2 N–H and O–H groups in total. The molecule has 3 rings (SSSR count). The molecular formula is C27H32ClN3O4. The molecule has 0 radical (unpaired) electrons. The van der Waals surface area contributed by atoms with Crippen LogP contribution >= 0.6 is 11.6 Å². The molecule has 0 fully saturated rings. The molecule has 0 saturated carbocycles. The first-order chi connectivity index (χ1) is 16.7. The van der Waals surface area contributed by atoms with E-state index >= 15 is 0 Å². The Labute approximate surface area is 210 Å². The second-order valence-electron chi connectivity index (χ2n) is 8.67. The summed E-state index contributed by atoms with van der Waals surface area (Å²) in [5.41, 5.74) is 3.07. The molecule has 7 nitrogen and oxygen atoms in total. The number of rotatable bonds is 10. The number of aryl methyl sites for hydroxylation is 1. The standard InChI is InChI=1S/C27H32ClN3O4/c1-5-7-12-31-23-11-9-20(14-19(23)15-24(31)27(34)35-6-2)30-26(33)21-13-18(8-10-22(21)28)16-29-25(32)17(3)4/h8-11,13-15,17H,5-7,12,16H2,1-4H3,(H,29,32)(H,30,33). The summed E-state index contributed by atoms with van der Waals surface area (Å²) in [4.78, 5) is 37.4. The van der Waals surface area contributed by atoms with Crippen LogP contribution in [0.5, 0.6) is 0 Å². The first-order valence-electron chi connectivity index (χ1n) is 11.9. The molecule has 35 heavy (non-hydrogen) atoms. The molecule has 8 heteroatoms. The maximum absolute atomic E-state index is 13.0. The number of ether oxygens (including phenoxy) is 1. The quantitative estimate of drug-likeness (QED) is 0.346. The summed E-state index contributed by atoms with van der Waals surface area (Å²) in [7, 11) is 0. The summed E-state index contributed by atoms with van der Waals surface area (Å²) in [5.74, 6) is -0.908. The van der Waals surface area contributed by atoms with Crippen molar-refractivity contribution in [3.05, 3.63) is 64.3 Å². The number of esters is 1. The Morgan fingerprint density at radius 3 is 2.51 bits per heavy atom. The first-order valence-corrected chi connectivity index (χ1v) is 12.3. The molecule has 3 aromatic rings. The zero-order chi connectivity index (χ0) is 25.5. The van der Waals surface area contributed by atoms with Crippen molar-refractivity contribution in [2.45, 2.75) is 53.6 Å². The highest BCUT2D eigenvalue weighted by atomic mass is 35.5. The van der Waals surface area contributed by atoms with E-state index in [0.717, 1.165) is 29.3 Å². The third kappa shape index (κ3) is 6.42. The van der Waals surface area contributed by atoms with E-state index in [-0.39, 0.29) is 23.7 Å². The third-order valence-corrected chi connectivity index (χ3v) is 5.98. The maximum atomic E-state index is 13.0. The van der Waals surface area contributed by atoms with Gasteiger partial charge in [0, 0.05) is 35.6 Å². The molecule has 186 valence electrons. The predicted octanol–water partition coefficient (Wildman–Crippen LogP) is 5.80. The molecule has 0 saturated heterocycles. The van der Waals surface area contributed by atoms with Crippen molar-refractivity contribution in [2.24, 2.45) is 5.92 Å². The van der Waals surface area contributed by atoms with Gasteiger partial charge in [-0.1, -0.05) is 44.9 Å². The topological polar surface area (TPSA) is 89.4 Å². The van der Waals surface area contributed by atoms with Crippen LogP contribution in [0.1, 0.15) is 66.9 Å². The van der Waals surface area contributed by atoms with Crippen molar-refractivity contribution in [3.8, 4) is 0 Å². The molecule has 0 unspecified atom stereocenters. The summed E-state index contributed by atoms with van der Waals surface area (Å²) >= 11 is 6.30. The lowest BCUT2D eigenvalue weighted by atomic mass is 10.1. The maximum Gasteiger partial charge on any atom is 0.354 e. The average molecular weight is 498 g/mol.